The molecule has 2 aromatic rings. The average molecular weight is 212 g/mol. The van der Waals surface area contributed by atoms with E-state index in [1.54, 1.807) is 30.3 Å². The summed E-state index contributed by atoms with van der Waals surface area (Å²) in [6.07, 6.45) is 0.729. The molecular formula is C8H6BF3N3-. The lowest BCUT2D eigenvalue weighted by atomic mass is 9.87. The third-order valence-corrected chi connectivity index (χ3v) is 1.83. The van der Waals surface area contributed by atoms with Gasteiger partial charge >= 0.3 is 6.98 Å². The molecule has 0 aliphatic rings. The summed E-state index contributed by atoms with van der Waals surface area (Å²) >= 11 is 0. The highest BCUT2D eigenvalue weighted by Crippen LogP contribution is 2.08. The number of rotatable bonds is 2. The summed E-state index contributed by atoms with van der Waals surface area (Å²) in [5.74, 6) is 0. The Bertz CT molecular complexity index is 452. The van der Waals surface area contributed by atoms with Crippen LogP contribution in [0.2, 0.25) is 0 Å². The second-order valence-corrected chi connectivity index (χ2v) is 2.97. The second-order valence-electron chi connectivity index (χ2n) is 2.97. The van der Waals surface area contributed by atoms with Crippen molar-refractivity contribution in [1.82, 2.24) is 15.0 Å². The van der Waals surface area contributed by atoms with E-state index in [-0.39, 0.29) is 0 Å². The van der Waals surface area contributed by atoms with Gasteiger partial charge in [-0.2, -0.15) is 15.0 Å². The van der Waals surface area contributed by atoms with E-state index < -0.39 is 12.6 Å². The van der Waals surface area contributed by atoms with Crippen LogP contribution in [0.15, 0.2) is 36.5 Å². The van der Waals surface area contributed by atoms with Crippen molar-refractivity contribution < 1.29 is 12.9 Å². The van der Waals surface area contributed by atoms with Gasteiger partial charge in [0.25, 0.3) is 0 Å². The fourth-order valence-electron chi connectivity index (χ4n) is 1.11. The van der Waals surface area contributed by atoms with E-state index in [1.165, 1.54) is 0 Å². The fraction of sp³-hybridized carbons (Fsp3) is 0. The lowest BCUT2D eigenvalue weighted by Crippen LogP contribution is -2.35. The van der Waals surface area contributed by atoms with Crippen molar-refractivity contribution in [3.63, 3.8) is 0 Å². The molecule has 1 aromatic carbocycles. The van der Waals surface area contributed by atoms with Crippen LogP contribution in [-0.2, 0) is 0 Å². The highest BCUT2D eigenvalue weighted by Gasteiger charge is 2.29. The van der Waals surface area contributed by atoms with E-state index >= 15 is 0 Å². The Kier molecular flexibility index (Phi) is 2.22. The molecule has 0 saturated heterocycles. The number of aromatic nitrogens is 3. The predicted octanol–water partition coefficient (Wildman–Crippen LogP) is 1.32. The maximum absolute atomic E-state index is 12.3. The van der Waals surface area contributed by atoms with Crippen molar-refractivity contribution in [3.8, 4) is 5.69 Å². The minimum atomic E-state index is -5.08. The number of hydrogen-bond acceptors (Lipinski definition) is 2. The molecule has 1 aromatic heterocycles. The molecule has 0 fully saturated rings. The van der Waals surface area contributed by atoms with Crippen LogP contribution in [-0.4, -0.2) is 22.0 Å². The third kappa shape index (κ3) is 2.00. The smallest absolute Gasteiger partial charge is 0.444 e. The van der Waals surface area contributed by atoms with E-state index in [4.69, 9.17) is 0 Å². The first-order valence-electron chi connectivity index (χ1n) is 4.25. The molecular weight excluding hydrogens is 206 g/mol. The number of benzene rings is 1. The Hall–Kier alpha value is -1.79. The predicted molar refractivity (Wildman–Crippen MR) is 50.1 cm³/mol. The van der Waals surface area contributed by atoms with Gasteiger partial charge in [-0.15, -0.1) is 0 Å². The first kappa shape index (κ1) is 9.76. The molecule has 0 N–H and O–H groups in total. The highest BCUT2D eigenvalue weighted by atomic mass is 19.4. The van der Waals surface area contributed by atoms with Crippen molar-refractivity contribution in [2.24, 2.45) is 0 Å². The van der Waals surface area contributed by atoms with Gasteiger partial charge in [0.2, 0.25) is 0 Å². The van der Waals surface area contributed by atoms with Crippen molar-refractivity contribution in [1.29, 1.82) is 0 Å². The summed E-state index contributed by atoms with van der Waals surface area (Å²) in [4.78, 5) is 0.963. The molecule has 15 heavy (non-hydrogen) atoms. The summed E-state index contributed by atoms with van der Waals surface area (Å²) < 4.78 is 36.8. The lowest BCUT2D eigenvalue weighted by Gasteiger charge is -2.08. The van der Waals surface area contributed by atoms with Gasteiger partial charge in [-0.25, -0.2) is 0 Å². The maximum atomic E-state index is 12.3. The largest absolute Gasteiger partial charge is 0.531 e. The second kappa shape index (κ2) is 3.41. The number of hydrogen-bond donors (Lipinski definition) is 0. The van der Waals surface area contributed by atoms with Gasteiger partial charge in [0.15, 0.2) is 0 Å². The third-order valence-electron chi connectivity index (χ3n) is 1.83. The topological polar surface area (TPSA) is 30.7 Å². The Morgan fingerprint density at radius 1 is 1.07 bits per heavy atom. The number of para-hydroxylation sites is 1. The van der Waals surface area contributed by atoms with Gasteiger partial charge in [-0.05, 0) is 12.1 Å². The zero-order valence-corrected chi connectivity index (χ0v) is 7.52. The Labute approximate surface area is 83.6 Å². The SMILES string of the molecule is F[B-](F)(F)c1cnn(-c2ccccc2)n1. The lowest BCUT2D eigenvalue weighted by molar-refractivity contribution is 0.497. The summed E-state index contributed by atoms with van der Waals surface area (Å²) in [5, 5.41) is 6.91. The molecule has 0 radical (unpaired) electrons. The fourth-order valence-corrected chi connectivity index (χ4v) is 1.11. The molecule has 0 spiro atoms. The molecule has 0 unspecified atom stereocenters. The minimum absolute atomic E-state index is 0.504. The van der Waals surface area contributed by atoms with Crippen LogP contribution in [0.1, 0.15) is 0 Å². The van der Waals surface area contributed by atoms with E-state index in [9.17, 15) is 12.9 Å². The van der Waals surface area contributed by atoms with Crippen LogP contribution in [0.5, 0.6) is 0 Å². The summed E-state index contributed by atoms with van der Waals surface area (Å²) in [5.41, 5.74) is -0.428. The summed E-state index contributed by atoms with van der Waals surface area (Å²) in [7, 11) is 0. The van der Waals surface area contributed by atoms with Gasteiger partial charge in [0, 0.05) is 11.8 Å². The van der Waals surface area contributed by atoms with E-state index in [0.717, 1.165) is 11.0 Å². The molecule has 0 bridgehead atoms. The van der Waals surface area contributed by atoms with Gasteiger partial charge in [0.05, 0.1) is 5.69 Å². The molecule has 78 valence electrons. The maximum Gasteiger partial charge on any atom is 0.531 e. The molecule has 1 heterocycles. The summed E-state index contributed by atoms with van der Waals surface area (Å²) in [6, 6.07) is 8.44. The van der Waals surface area contributed by atoms with Crippen molar-refractivity contribution in [3.05, 3.63) is 36.5 Å². The van der Waals surface area contributed by atoms with Gasteiger partial charge in [-0.1, -0.05) is 18.2 Å². The van der Waals surface area contributed by atoms with Crippen LogP contribution >= 0.6 is 0 Å². The van der Waals surface area contributed by atoms with Crippen molar-refractivity contribution >= 4 is 12.6 Å². The molecule has 0 aliphatic carbocycles. The Morgan fingerprint density at radius 3 is 2.27 bits per heavy atom. The highest BCUT2D eigenvalue weighted by molar-refractivity contribution is 6.72. The molecule has 0 amide bonds. The van der Waals surface area contributed by atoms with Gasteiger partial charge in [-0.3, -0.25) is 0 Å². The zero-order valence-electron chi connectivity index (χ0n) is 7.52. The van der Waals surface area contributed by atoms with E-state index in [2.05, 4.69) is 10.2 Å². The minimum Gasteiger partial charge on any atom is -0.444 e. The molecule has 2 rings (SSSR count). The first-order valence-corrected chi connectivity index (χ1v) is 4.25. The van der Waals surface area contributed by atoms with E-state index in [0.29, 0.717) is 5.69 Å². The normalized spacial score (nSPS) is 11.7. The van der Waals surface area contributed by atoms with E-state index in [1.807, 2.05) is 0 Å². The molecule has 3 nitrogen and oxygen atoms in total. The number of nitrogens with zero attached hydrogens (tertiary/aromatic N) is 3. The van der Waals surface area contributed by atoms with Crippen LogP contribution in [0.4, 0.5) is 12.9 Å². The van der Waals surface area contributed by atoms with Gasteiger partial charge in [0.1, 0.15) is 0 Å². The quantitative estimate of drug-likeness (QED) is 0.702. The van der Waals surface area contributed by atoms with Crippen LogP contribution in [0, 0.1) is 0 Å². The molecule has 0 atom stereocenters. The average Bonchev–Trinajstić information content (AvgIpc) is 2.67. The standard InChI is InChI=1S/C8H6BF3N3/c10-9(11,12)8-6-13-15(14-8)7-4-2-1-3-5-7/h1-6H/q-1. The molecule has 0 aliphatic heterocycles. The summed E-state index contributed by atoms with van der Waals surface area (Å²) in [6.45, 7) is -5.08. The van der Waals surface area contributed by atoms with Crippen molar-refractivity contribution in [2.75, 3.05) is 0 Å². The Morgan fingerprint density at radius 2 is 1.73 bits per heavy atom. The first-order chi connectivity index (χ1) is 7.07. The van der Waals surface area contributed by atoms with Crippen LogP contribution < -0.4 is 5.59 Å². The Balaban J connectivity index is 2.37. The van der Waals surface area contributed by atoms with Crippen LogP contribution in [0.25, 0.3) is 5.69 Å². The molecule has 0 saturated carbocycles. The van der Waals surface area contributed by atoms with Crippen LogP contribution in [0.3, 0.4) is 0 Å². The zero-order chi connectivity index (χ0) is 10.9. The monoisotopic (exact) mass is 212 g/mol. The van der Waals surface area contributed by atoms with Gasteiger partial charge < -0.3 is 12.9 Å². The number of halogens is 3. The van der Waals surface area contributed by atoms with Crippen molar-refractivity contribution in [2.45, 2.75) is 0 Å². The molecule has 7 heteroatoms.